The zero-order valence-corrected chi connectivity index (χ0v) is 34.4. The van der Waals surface area contributed by atoms with Crippen molar-refractivity contribution in [3.05, 3.63) is 71.8 Å². The molecule has 2 unspecified atom stereocenters. The topological polar surface area (TPSA) is 148 Å². The third kappa shape index (κ3) is 16.4. The van der Waals surface area contributed by atoms with Crippen molar-refractivity contribution in [2.75, 3.05) is 15.8 Å². The molecule has 0 aliphatic heterocycles. The molecule has 1 amide bonds. The van der Waals surface area contributed by atoms with Crippen molar-refractivity contribution >= 4 is 55.8 Å². The predicted octanol–water partition coefficient (Wildman–Crippen LogP) is 10.4. The first-order valence-electron chi connectivity index (χ1n) is 19.0. The molecular weight excluding hydrogens is 748 g/mol. The number of halogens is 1. The minimum Gasteiger partial charge on any atom is -0.508 e. The van der Waals surface area contributed by atoms with Crippen LogP contribution in [0.3, 0.4) is 0 Å². The van der Waals surface area contributed by atoms with Gasteiger partial charge in [-0.15, -0.1) is 0 Å². The number of sulfonamides is 1. The van der Waals surface area contributed by atoms with Crippen LogP contribution in [-0.2, 0) is 30.7 Å². The number of phenolic OH excluding ortho intramolecular Hbond substituents is 1. The second-order valence-electron chi connectivity index (χ2n) is 14.6. The molecular formula is C41H57ClN2O8S2. The molecule has 3 rings (SSSR count). The number of phenols is 1. The number of carbonyl (C=O) groups excluding carboxylic acids is 2. The summed E-state index contributed by atoms with van der Waals surface area (Å²) in [6.45, 7) is 7.22. The van der Waals surface area contributed by atoms with Crippen molar-refractivity contribution in [1.82, 2.24) is 0 Å². The van der Waals surface area contributed by atoms with Gasteiger partial charge in [0.2, 0.25) is 27.2 Å². The van der Waals surface area contributed by atoms with E-state index in [4.69, 9.17) is 20.5 Å². The Hall–Kier alpha value is -3.61. The van der Waals surface area contributed by atoms with Crippen LogP contribution in [0.2, 0.25) is 5.02 Å². The number of amides is 1. The van der Waals surface area contributed by atoms with E-state index in [9.17, 15) is 27.3 Å². The van der Waals surface area contributed by atoms with Crippen LogP contribution < -0.4 is 19.0 Å². The molecule has 0 saturated heterocycles. The quantitative estimate of drug-likeness (QED) is 0.0566. The van der Waals surface area contributed by atoms with Crippen molar-refractivity contribution in [3.8, 4) is 17.2 Å². The SMILES string of the molecule is CCCCCCCCCCCCCCCCS(=O)(=O)Nc1ccc(Cl)c(NC(=O)C(Oc2ccc(S(=O)Oc3ccc(O)cc3)cc2)C(=O)C(C)(C)C)c1. The molecule has 0 aromatic heterocycles. The maximum Gasteiger partial charge on any atom is 0.273 e. The summed E-state index contributed by atoms with van der Waals surface area (Å²) in [5.74, 6) is -0.843. The van der Waals surface area contributed by atoms with Crippen LogP contribution in [0.5, 0.6) is 17.2 Å². The molecule has 0 aliphatic rings. The van der Waals surface area contributed by atoms with E-state index in [0.29, 0.717) is 17.1 Å². The molecule has 0 radical (unpaired) electrons. The third-order valence-electron chi connectivity index (χ3n) is 8.76. The molecule has 2 atom stereocenters. The number of Topliss-reactive ketones (excluding diaryl/α,β-unsaturated/α-hetero) is 1. The Bertz CT molecular complexity index is 1740. The number of benzene rings is 3. The number of carbonyl (C=O) groups is 2. The molecule has 0 saturated carbocycles. The van der Waals surface area contributed by atoms with Crippen LogP contribution in [0.4, 0.5) is 11.4 Å². The van der Waals surface area contributed by atoms with Gasteiger partial charge < -0.3 is 19.3 Å². The van der Waals surface area contributed by atoms with Gasteiger partial charge >= 0.3 is 0 Å². The monoisotopic (exact) mass is 804 g/mol. The molecule has 0 fully saturated rings. The first-order chi connectivity index (χ1) is 25.7. The van der Waals surface area contributed by atoms with Crippen molar-refractivity contribution in [3.63, 3.8) is 0 Å². The van der Waals surface area contributed by atoms with Crippen molar-refractivity contribution < 1.29 is 36.2 Å². The molecule has 3 aromatic carbocycles. The Kier molecular flexibility index (Phi) is 18.8. The highest BCUT2D eigenvalue weighted by atomic mass is 35.5. The van der Waals surface area contributed by atoms with Crippen LogP contribution in [0.1, 0.15) is 118 Å². The Morgan fingerprint density at radius 3 is 1.83 bits per heavy atom. The minimum absolute atomic E-state index is 0.0271. The Morgan fingerprint density at radius 1 is 0.778 bits per heavy atom. The number of anilines is 2. The van der Waals surface area contributed by atoms with Gasteiger partial charge in [0, 0.05) is 5.41 Å². The number of hydrogen-bond donors (Lipinski definition) is 3. The zero-order chi connectivity index (χ0) is 39.6. The second kappa shape index (κ2) is 22.7. The third-order valence-corrected chi connectivity index (χ3v) is 11.5. The van der Waals surface area contributed by atoms with Crippen molar-refractivity contribution in [2.24, 2.45) is 5.41 Å². The summed E-state index contributed by atoms with van der Waals surface area (Å²) in [6, 6.07) is 16.0. The van der Waals surface area contributed by atoms with E-state index in [0.717, 1.165) is 19.3 Å². The molecule has 3 aromatic rings. The Morgan fingerprint density at radius 2 is 1.30 bits per heavy atom. The summed E-state index contributed by atoms with van der Waals surface area (Å²) >= 11 is 4.50. The maximum absolute atomic E-state index is 13.6. The summed E-state index contributed by atoms with van der Waals surface area (Å²) in [7, 11) is -3.65. The molecule has 0 bridgehead atoms. The zero-order valence-electron chi connectivity index (χ0n) is 32.0. The van der Waals surface area contributed by atoms with Crippen molar-refractivity contribution in [1.29, 1.82) is 0 Å². The van der Waals surface area contributed by atoms with Crippen LogP contribution in [0.15, 0.2) is 71.6 Å². The molecule has 13 heteroatoms. The predicted molar refractivity (Wildman–Crippen MR) is 218 cm³/mol. The van der Waals surface area contributed by atoms with Gasteiger partial charge in [-0.05, 0) is 73.2 Å². The van der Waals surface area contributed by atoms with E-state index < -0.39 is 44.3 Å². The summed E-state index contributed by atoms with van der Waals surface area (Å²) in [5.41, 5.74) is -0.640. The lowest BCUT2D eigenvalue weighted by atomic mass is 9.87. The van der Waals surface area contributed by atoms with Gasteiger partial charge in [0.25, 0.3) is 5.91 Å². The molecule has 3 N–H and O–H groups in total. The van der Waals surface area contributed by atoms with E-state index >= 15 is 0 Å². The number of hydrogen-bond acceptors (Lipinski definition) is 8. The van der Waals surface area contributed by atoms with Crippen LogP contribution >= 0.6 is 11.6 Å². The van der Waals surface area contributed by atoms with E-state index in [1.54, 1.807) is 20.8 Å². The molecule has 0 spiro atoms. The standard InChI is InChI=1S/C41H57ClN2O8S2/c1-5-6-7-8-9-10-11-12-13-14-15-16-17-18-29-54(49,50)44-31-19-28-36(42)37(30-31)43-40(47)38(39(46)41(2,3)4)51-33-24-26-35(27-25-33)53(48)52-34-22-20-32(45)21-23-34/h19-28,30,38,44-45H,5-18,29H2,1-4H3,(H,43,47). The fourth-order valence-corrected chi connectivity index (χ4v) is 7.70. The summed E-state index contributed by atoms with van der Waals surface area (Å²) in [5, 5.41) is 12.2. The average Bonchev–Trinajstić information content (AvgIpc) is 3.12. The van der Waals surface area contributed by atoms with Crippen molar-refractivity contribution in [2.45, 2.75) is 129 Å². The van der Waals surface area contributed by atoms with E-state index in [1.165, 1.54) is 131 Å². The van der Waals surface area contributed by atoms with Crippen LogP contribution in [-0.4, -0.2) is 41.3 Å². The molecule has 0 heterocycles. The largest absolute Gasteiger partial charge is 0.508 e. The normalized spacial score (nSPS) is 12.8. The van der Waals surface area contributed by atoms with E-state index in [2.05, 4.69) is 17.0 Å². The number of unbranched alkanes of at least 4 members (excludes halogenated alkanes) is 13. The number of ketones is 1. The molecule has 0 aliphatic carbocycles. The number of aromatic hydroxyl groups is 1. The van der Waals surface area contributed by atoms with E-state index in [-0.39, 0.29) is 33.6 Å². The number of ether oxygens (including phenoxy) is 1. The molecule has 298 valence electrons. The second-order valence-corrected chi connectivity index (χ2v) is 18.0. The lowest BCUT2D eigenvalue weighted by Gasteiger charge is -2.25. The highest BCUT2D eigenvalue weighted by Gasteiger charge is 2.37. The smallest absolute Gasteiger partial charge is 0.273 e. The summed E-state index contributed by atoms with van der Waals surface area (Å²) in [6.07, 6.45) is 14.9. The van der Waals surface area contributed by atoms with Gasteiger partial charge in [0.1, 0.15) is 17.2 Å². The molecule has 54 heavy (non-hydrogen) atoms. The fraction of sp³-hybridized carbons (Fsp3) is 0.512. The first kappa shape index (κ1) is 44.8. The Balaban J connectivity index is 1.52. The van der Waals surface area contributed by atoms with Crippen LogP contribution in [0, 0.1) is 5.41 Å². The summed E-state index contributed by atoms with van der Waals surface area (Å²) < 4.78 is 52.4. The first-order valence-corrected chi connectivity index (χ1v) is 22.1. The maximum atomic E-state index is 13.6. The van der Waals surface area contributed by atoms with Gasteiger partial charge in [0.05, 0.1) is 27.0 Å². The summed E-state index contributed by atoms with van der Waals surface area (Å²) in [4.78, 5) is 27.3. The fourth-order valence-electron chi connectivity index (χ4n) is 5.62. The van der Waals surface area contributed by atoms with Gasteiger partial charge in [-0.1, -0.05) is 123 Å². The lowest BCUT2D eigenvalue weighted by Crippen LogP contribution is -2.45. The average molecular weight is 806 g/mol. The number of nitrogens with one attached hydrogen (secondary N) is 2. The van der Waals surface area contributed by atoms with Gasteiger partial charge in [-0.3, -0.25) is 14.3 Å². The highest BCUT2D eigenvalue weighted by Crippen LogP contribution is 2.29. The number of rotatable bonds is 25. The van der Waals surface area contributed by atoms with Gasteiger partial charge in [-0.2, -0.15) is 0 Å². The van der Waals surface area contributed by atoms with Gasteiger partial charge in [-0.25, -0.2) is 12.6 Å². The Labute approximate surface area is 329 Å². The lowest BCUT2D eigenvalue weighted by molar-refractivity contribution is -0.140. The van der Waals surface area contributed by atoms with Gasteiger partial charge in [0.15, 0.2) is 5.78 Å². The highest BCUT2D eigenvalue weighted by molar-refractivity contribution is 7.92. The molecule has 10 nitrogen and oxygen atoms in total. The van der Waals surface area contributed by atoms with E-state index in [1.807, 2.05) is 0 Å². The van der Waals surface area contributed by atoms with Crippen LogP contribution in [0.25, 0.3) is 0 Å². The minimum atomic E-state index is -3.65.